The number of hydrogen-bond acceptors (Lipinski definition) is 14. The van der Waals surface area contributed by atoms with Crippen molar-refractivity contribution in [2.75, 3.05) is 13.2 Å². The molecule has 5 saturated carbocycles. The van der Waals surface area contributed by atoms with E-state index in [0.29, 0.717) is 18.3 Å². The number of hydrogen-bond donors (Lipinski definition) is 10. The van der Waals surface area contributed by atoms with Gasteiger partial charge in [-0.25, -0.2) is 0 Å². The second-order valence-corrected chi connectivity index (χ2v) is 20.7. The lowest BCUT2D eigenvalue weighted by Gasteiger charge is -2.63. The van der Waals surface area contributed by atoms with Gasteiger partial charge in [-0.1, -0.05) is 34.6 Å². The fourth-order valence-electron chi connectivity index (χ4n) is 14.1. The van der Waals surface area contributed by atoms with E-state index in [2.05, 4.69) is 27.7 Å². The molecular weight excluding hydrogens is 716 g/mol. The molecule has 0 aromatic heterocycles. The molecule has 0 aromatic carbocycles. The standard InChI is InChI=1S/C41H70O14/c1-19(20(43)14-26(45)37(4,5)51)28-22(53-35-33(50)31(48)30(47)23(16-42)54-35)15-39(7)25-9-8-24-36(2,3)27(55-34-32(49)29(46)21(44)17-52-34)10-11-40(24)18-41(25,40)13-12-38(28,39)6/h19-35,42-51H,8-18H2,1-7H3/t19-,20?,21-,22+,23-,24+,25+,26?,27+,28+,29+,30-,31+,32-,33-,34+,35-,38-,39+,40-,41+/m1/s1. The van der Waals surface area contributed by atoms with Crippen LogP contribution in [0.3, 0.4) is 0 Å². The summed E-state index contributed by atoms with van der Waals surface area (Å²) < 4.78 is 24.7. The van der Waals surface area contributed by atoms with Crippen molar-refractivity contribution in [1.82, 2.24) is 0 Å². The monoisotopic (exact) mass is 786 g/mol. The molecule has 7 aliphatic rings. The average molecular weight is 787 g/mol. The topological polar surface area (TPSA) is 239 Å². The Morgan fingerprint density at radius 3 is 2.05 bits per heavy atom. The van der Waals surface area contributed by atoms with Gasteiger partial charge in [0.2, 0.25) is 0 Å². The molecule has 2 aliphatic heterocycles. The van der Waals surface area contributed by atoms with Crippen LogP contribution >= 0.6 is 0 Å². The zero-order valence-electron chi connectivity index (χ0n) is 33.7. The van der Waals surface area contributed by atoms with E-state index in [1.165, 1.54) is 13.8 Å². The summed E-state index contributed by atoms with van der Waals surface area (Å²) in [4.78, 5) is 0. The quantitative estimate of drug-likeness (QED) is 0.136. The third-order valence-electron chi connectivity index (χ3n) is 17.4. The highest BCUT2D eigenvalue weighted by Gasteiger charge is 2.83. The molecule has 2 unspecified atom stereocenters. The lowest BCUT2D eigenvalue weighted by molar-refractivity contribution is -0.316. The molecule has 0 radical (unpaired) electrons. The van der Waals surface area contributed by atoms with Gasteiger partial charge in [0, 0.05) is 6.42 Å². The Balaban J connectivity index is 1.17. The first-order valence-corrected chi connectivity index (χ1v) is 20.9. The van der Waals surface area contributed by atoms with Crippen molar-refractivity contribution in [1.29, 1.82) is 0 Å². The maximum absolute atomic E-state index is 11.7. The van der Waals surface area contributed by atoms with Crippen LogP contribution in [-0.2, 0) is 18.9 Å². The van der Waals surface area contributed by atoms with Crippen molar-refractivity contribution in [3.05, 3.63) is 0 Å². The van der Waals surface area contributed by atoms with E-state index in [1.807, 2.05) is 6.92 Å². The lowest BCUT2D eigenvalue weighted by Crippen LogP contribution is -2.60. The molecule has 2 saturated heterocycles. The smallest absolute Gasteiger partial charge is 0.186 e. The molecule has 14 nitrogen and oxygen atoms in total. The Kier molecular flexibility index (Phi) is 11.1. The Morgan fingerprint density at radius 2 is 1.40 bits per heavy atom. The number of aliphatic hydroxyl groups excluding tert-OH is 9. The van der Waals surface area contributed by atoms with Gasteiger partial charge >= 0.3 is 0 Å². The van der Waals surface area contributed by atoms with Crippen LogP contribution < -0.4 is 0 Å². The van der Waals surface area contributed by atoms with Crippen LogP contribution in [0.15, 0.2) is 0 Å². The Bertz CT molecular complexity index is 1390. The molecule has 5 aliphatic carbocycles. The number of ether oxygens (including phenoxy) is 4. The van der Waals surface area contributed by atoms with Gasteiger partial charge in [-0.3, -0.25) is 0 Å². The van der Waals surface area contributed by atoms with Gasteiger partial charge in [-0.05, 0) is 116 Å². The van der Waals surface area contributed by atoms with Crippen molar-refractivity contribution in [2.45, 2.75) is 192 Å². The van der Waals surface area contributed by atoms with Gasteiger partial charge in [-0.2, -0.15) is 0 Å². The SMILES string of the molecule is C[C@H](C(O)CC(O)C(C)(C)O)[C@H]1[C@@H](O[C@@H]2O[C@H](CO)[C@@H](O)[C@H](O)[C@H]2O)C[C@@]2(C)[C@@H]3CC[C@H]4C(C)(C)[C@@H](O[C@@H]5OC[C@@H](O)[C@H](O)[C@H]5O)CC[C@@]45C[C@@]35CC[C@]12C. The van der Waals surface area contributed by atoms with Gasteiger partial charge in [-0.15, -0.1) is 0 Å². The van der Waals surface area contributed by atoms with Crippen LogP contribution in [0.4, 0.5) is 0 Å². The van der Waals surface area contributed by atoms with Crippen molar-refractivity contribution in [2.24, 2.45) is 50.7 Å². The summed E-state index contributed by atoms with van der Waals surface area (Å²) in [5.41, 5.74) is -2.13. The zero-order valence-corrected chi connectivity index (χ0v) is 33.7. The van der Waals surface area contributed by atoms with Crippen LogP contribution in [0.25, 0.3) is 0 Å². The zero-order chi connectivity index (χ0) is 40.4. The molecule has 7 rings (SSSR count). The van der Waals surface area contributed by atoms with E-state index < -0.39 is 91.7 Å². The summed E-state index contributed by atoms with van der Waals surface area (Å²) in [7, 11) is 0. The normalized spacial score (nSPS) is 53.6. The first kappa shape index (κ1) is 42.6. The van der Waals surface area contributed by atoms with Gasteiger partial charge < -0.3 is 70.0 Å². The largest absolute Gasteiger partial charge is 0.394 e. The number of fused-ring (bicyclic) bond motifs is 2. The lowest BCUT2D eigenvalue weighted by atomic mass is 9.41. The molecule has 55 heavy (non-hydrogen) atoms. The minimum atomic E-state index is -1.59. The summed E-state index contributed by atoms with van der Waals surface area (Å²) in [6.45, 7) is 13.5. The third kappa shape index (κ3) is 6.33. The van der Waals surface area contributed by atoms with Gasteiger partial charge in [0.25, 0.3) is 0 Å². The van der Waals surface area contributed by atoms with Gasteiger partial charge in [0.1, 0.15) is 42.7 Å². The maximum Gasteiger partial charge on any atom is 0.186 e. The van der Waals surface area contributed by atoms with Gasteiger partial charge in [0.15, 0.2) is 12.6 Å². The summed E-state index contributed by atoms with van der Waals surface area (Å²) in [5.74, 6) is -0.00182. The second-order valence-electron chi connectivity index (χ2n) is 20.7. The molecule has 318 valence electrons. The summed E-state index contributed by atoms with van der Waals surface area (Å²) in [6, 6.07) is 0. The number of rotatable bonds is 10. The number of aliphatic hydroxyl groups is 10. The van der Waals surface area contributed by atoms with E-state index in [4.69, 9.17) is 18.9 Å². The third-order valence-corrected chi connectivity index (χ3v) is 17.4. The Hall–Kier alpha value is -0.560. The Morgan fingerprint density at radius 1 is 0.764 bits per heavy atom. The van der Waals surface area contributed by atoms with Crippen molar-refractivity contribution >= 4 is 0 Å². The van der Waals surface area contributed by atoms with Crippen LogP contribution in [0.2, 0.25) is 0 Å². The highest BCUT2D eigenvalue weighted by atomic mass is 16.7. The molecule has 0 bridgehead atoms. The van der Waals surface area contributed by atoms with E-state index in [-0.39, 0.29) is 52.1 Å². The van der Waals surface area contributed by atoms with Crippen LogP contribution in [0.5, 0.6) is 0 Å². The van der Waals surface area contributed by atoms with E-state index in [9.17, 15) is 51.1 Å². The average Bonchev–Trinajstić information content (AvgIpc) is 3.72. The fourth-order valence-corrected chi connectivity index (χ4v) is 14.1. The summed E-state index contributed by atoms with van der Waals surface area (Å²) >= 11 is 0. The van der Waals surface area contributed by atoms with Crippen LogP contribution in [-0.4, -0.2) is 150 Å². The van der Waals surface area contributed by atoms with E-state index in [1.54, 1.807) is 0 Å². The predicted molar refractivity (Wildman–Crippen MR) is 196 cm³/mol. The minimum absolute atomic E-state index is 0.0420. The highest BCUT2D eigenvalue weighted by molar-refractivity contribution is 5.31. The molecule has 2 spiro atoms. The second kappa shape index (κ2) is 14.3. The molecule has 10 N–H and O–H groups in total. The minimum Gasteiger partial charge on any atom is -0.394 e. The first-order valence-electron chi connectivity index (χ1n) is 20.9. The van der Waals surface area contributed by atoms with Crippen molar-refractivity contribution in [3.63, 3.8) is 0 Å². The van der Waals surface area contributed by atoms with E-state index >= 15 is 0 Å². The first-order chi connectivity index (χ1) is 25.5. The molecule has 0 amide bonds. The molecule has 21 atom stereocenters. The highest BCUT2D eigenvalue weighted by Crippen LogP contribution is 2.89. The molecule has 2 heterocycles. The van der Waals surface area contributed by atoms with E-state index in [0.717, 1.165) is 44.9 Å². The van der Waals surface area contributed by atoms with Crippen molar-refractivity contribution in [3.8, 4) is 0 Å². The summed E-state index contributed by atoms with van der Waals surface area (Å²) in [5, 5.41) is 106. The maximum atomic E-state index is 11.7. The molecular formula is C41H70O14. The fraction of sp³-hybridized carbons (Fsp3) is 1.00. The summed E-state index contributed by atoms with van der Waals surface area (Å²) in [6.07, 6.45) is -7.73. The predicted octanol–water partition coefficient (Wildman–Crippen LogP) is 0.564. The molecule has 0 aromatic rings. The van der Waals surface area contributed by atoms with Crippen LogP contribution in [0.1, 0.15) is 106 Å². The van der Waals surface area contributed by atoms with Gasteiger partial charge in [0.05, 0.1) is 43.2 Å². The van der Waals surface area contributed by atoms with Crippen LogP contribution in [0, 0.1) is 50.7 Å². The van der Waals surface area contributed by atoms with Crippen molar-refractivity contribution < 1.29 is 70.0 Å². The molecule has 14 heteroatoms. The Labute approximate surface area is 325 Å². The molecule has 7 fully saturated rings.